The van der Waals surface area contributed by atoms with Crippen molar-refractivity contribution in [2.45, 2.75) is 31.8 Å². The largest absolute Gasteiger partial charge is 0.489 e. The first-order chi connectivity index (χ1) is 10.3. The molecule has 2 aromatic rings. The zero-order valence-electron chi connectivity index (χ0n) is 12.6. The molecule has 0 amide bonds. The normalized spacial score (nSPS) is 11.5. The Balaban J connectivity index is 2.35. The SMILES string of the molecule is Cc1cc(S(=O)(=O)Nc2ccccc2OC(C)C)ccc1F. The number of hydrogen-bond acceptors (Lipinski definition) is 3. The van der Waals surface area contributed by atoms with Crippen LogP contribution in [0.3, 0.4) is 0 Å². The highest BCUT2D eigenvalue weighted by atomic mass is 32.2. The van der Waals surface area contributed by atoms with Gasteiger partial charge in [0.05, 0.1) is 16.7 Å². The average Bonchev–Trinajstić information content (AvgIpc) is 2.43. The van der Waals surface area contributed by atoms with Crippen molar-refractivity contribution in [3.05, 3.63) is 53.8 Å². The Kier molecular flexibility index (Phi) is 4.71. The first-order valence-electron chi connectivity index (χ1n) is 6.84. The van der Waals surface area contributed by atoms with Crippen LogP contribution in [0.2, 0.25) is 0 Å². The molecule has 0 spiro atoms. The summed E-state index contributed by atoms with van der Waals surface area (Å²) in [6.45, 7) is 5.23. The fraction of sp³-hybridized carbons (Fsp3) is 0.250. The number of hydrogen-bond donors (Lipinski definition) is 1. The van der Waals surface area contributed by atoms with Gasteiger partial charge in [0.15, 0.2) is 0 Å². The Labute approximate surface area is 130 Å². The number of aryl methyl sites for hydroxylation is 1. The van der Waals surface area contributed by atoms with Gasteiger partial charge >= 0.3 is 0 Å². The molecular formula is C16H18FNO3S. The maximum Gasteiger partial charge on any atom is 0.262 e. The van der Waals surface area contributed by atoms with Gasteiger partial charge in [-0.1, -0.05) is 12.1 Å². The second kappa shape index (κ2) is 6.36. The van der Waals surface area contributed by atoms with Gasteiger partial charge in [-0.2, -0.15) is 0 Å². The van der Waals surface area contributed by atoms with Crippen molar-refractivity contribution < 1.29 is 17.5 Å². The van der Waals surface area contributed by atoms with E-state index in [9.17, 15) is 12.8 Å². The van der Waals surface area contributed by atoms with E-state index in [1.165, 1.54) is 19.1 Å². The van der Waals surface area contributed by atoms with Crippen LogP contribution in [0.1, 0.15) is 19.4 Å². The lowest BCUT2D eigenvalue weighted by molar-refractivity contribution is 0.244. The molecule has 118 valence electrons. The lowest BCUT2D eigenvalue weighted by Gasteiger charge is -2.15. The van der Waals surface area contributed by atoms with Crippen molar-refractivity contribution in [2.24, 2.45) is 0 Å². The van der Waals surface area contributed by atoms with Gasteiger partial charge in [-0.15, -0.1) is 0 Å². The van der Waals surface area contributed by atoms with E-state index >= 15 is 0 Å². The predicted octanol–water partition coefficient (Wildman–Crippen LogP) is 3.72. The molecule has 0 aromatic heterocycles. The topological polar surface area (TPSA) is 55.4 Å². The minimum absolute atomic E-state index is 0.00532. The van der Waals surface area contributed by atoms with Crippen LogP contribution in [-0.4, -0.2) is 14.5 Å². The van der Waals surface area contributed by atoms with E-state index in [0.29, 0.717) is 11.4 Å². The first kappa shape index (κ1) is 16.3. The molecule has 6 heteroatoms. The molecule has 0 aliphatic rings. The van der Waals surface area contributed by atoms with Crippen LogP contribution in [0.15, 0.2) is 47.4 Å². The molecule has 0 saturated carbocycles. The van der Waals surface area contributed by atoms with Gasteiger partial charge in [0.25, 0.3) is 10.0 Å². The van der Waals surface area contributed by atoms with E-state index in [1.807, 2.05) is 13.8 Å². The quantitative estimate of drug-likeness (QED) is 0.912. The summed E-state index contributed by atoms with van der Waals surface area (Å²) in [5, 5.41) is 0. The fourth-order valence-corrected chi connectivity index (χ4v) is 3.05. The van der Waals surface area contributed by atoms with Crippen molar-refractivity contribution >= 4 is 15.7 Å². The lowest BCUT2D eigenvalue weighted by atomic mass is 10.2. The molecule has 0 unspecified atom stereocenters. The fourth-order valence-electron chi connectivity index (χ4n) is 1.90. The van der Waals surface area contributed by atoms with E-state index in [0.717, 1.165) is 6.07 Å². The molecule has 4 nitrogen and oxygen atoms in total. The van der Waals surface area contributed by atoms with Crippen LogP contribution in [0.4, 0.5) is 10.1 Å². The van der Waals surface area contributed by atoms with Crippen LogP contribution in [0.5, 0.6) is 5.75 Å². The number of sulfonamides is 1. The molecule has 0 radical (unpaired) electrons. The van der Waals surface area contributed by atoms with E-state index in [-0.39, 0.29) is 16.6 Å². The van der Waals surface area contributed by atoms with Gasteiger partial charge in [-0.3, -0.25) is 4.72 Å². The lowest BCUT2D eigenvalue weighted by Crippen LogP contribution is -2.15. The minimum atomic E-state index is -3.81. The van der Waals surface area contributed by atoms with Crippen LogP contribution in [0.25, 0.3) is 0 Å². The Morgan fingerprint density at radius 3 is 2.45 bits per heavy atom. The standard InChI is InChI=1S/C16H18FNO3S/c1-11(2)21-16-7-5-4-6-15(16)18-22(19,20)13-8-9-14(17)12(3)10-13/h4-11,18H,1-3H3. The summed E-state index contributed by atoms with van der Waals surface area (Å²) in [7, 11) is -3.81. The summed E-state index contributed by atoms with van der Waals surface area (Å²) in [6, 6.07) is 10.4. The number of benzene rings is 2. The first-order valence-corrected chi connectivity index (χ1v) is 8.32. The van der Waals surface area contributed by atoms with Crippen molar-refractivity contribution in [1.82, 2.24) is 0 Å². The van der Waals surface area contributed by atoms with Gasteiger partial charge in [0.2, 0.25) is 0 Å². The van der Waals surface area contributed by atoms with E-state index in [4.69, 9.17) is 4.74 Å². The number of ether oxygens (including phenoxy) is 1. The van der Waals surface area contributed by atoms with Crippen LogP contribution < -0.4 is 9.46 Å². The molecule has 0 bridgehead atoms. The van der Waals surface area contributed by atoms with Gasteiger partial charge in [0, 0.05) is 0 Å². The highest BCUT2D eigenvalue weighted by molar-refractivity contribution is 7.92. The number of rotatable bonds is 5. The zero-order chi connectivity index (χ0) is 16.3. The average molecular weight is 323 g/mol. The van der Waals surface area contributed by atoms with Crippen LogP contribution in [0, 0.1) is 12.7 Å². The molecule has 0 saturated heterocycles. The monoisotopic (exact) mass is 323 g/mol. The highest BCUT2D eigenvalue weighted by Gasteiger charge is 2.17. The summed E-state index contributed by atoms with van der Waals surface area (Å²) < 4.78 is 46.2. The molecule has 0 aliphatic carbocycles. The van der Waals surface area contributed by atoms with Gasteiger partial charge in [-0.25, -0.2) is 12.8 Å². The third-order valence-corrected chi connectivity index (χ3v) is 4.30. The van der Waals surface area contributed by atoms with Crippen molar-refractivity contribution in [1.29, 1.82) is 0 Å². The molecular weight excluding hydrogens is 305 g/mol. The summed E-state index contributed by atoms with van der Waals surface area (Å²) in [4.78, 5) is 0.00532. The third kappa shape index (κ3) is 3.76. The number of halogens is 1. The smallest absolute Gasteiger partial charge is 0.262 e. The van der Waals surface area contributed by atoms with E-state index < -0.39 is 15.8 Å². The summed E-state index contributed by atoms with van der Waals surface area (Å²) in [5.74, 6) is 0.00222. The minimum Gasteiger partial charge on any atom is -0.489 e. The van der Waals surface area contributed by atoms with E-state index in [2.05, 4.69) is 4.72 Å². The molecule has 22 heavy (non-hydrogen) atoms. The van der Waals surface area contributed by atoms with E-state index in [1.54, 1.807) is 24.3 Å². The van der Waals surface area contributed by atoms with Crippen LogP contribution in [-0.2, 0) is 10.0 Å². The molecule has 2 aromatic carbocycles. The molecule has 0 fully saturated rings. The van der Waals surface area contributed by atoms with Crippen molar-refractivity contribution in [2.75, 3.05) is 4.72 Å². The molecule has 0 atom stereocenters. The molecule has 1 N–H and O–H groups in total. The van der Waals surface area contributed by atoms with Gasteiger partial charge in [-0.05, 0) is 56.7 Å². The Hall–Kier alpha value is -2.08. The van der Waals surface area contributed by atoms with Gasteiger partial charge in [0.1, 0.15) is 11.6 Å². The number of para-hydroxylation sites is 2. The van der Waals surface area contributed by atoms with Crippen molar-refractivity contribution in [3.63, 3.8) is 0 Å². The summed E-state index contributed by atoms with van der Waals surface area (Å²) in [5.41, 5.74) is 0.618. The summed E-state index contributed by atoms with van der Waals surface area (Å²) in [6.07, 6.45) is -0.0845. The molecule has 0 heterocycles. The highest BCUT2D eigenvalue weighted by Crippen LogP contribution is 2.27. The Bertz CT molecular complexity index is 773. The Morgan fingerprint density at radius 2 is 1.82 bits per heavy atom. The zero-order valence-corrected chi connectivity index (χ0v) is 13.4. The number of anilines is 1. The van der Waals surface area contributed by atoms with Gasteiger partial charge < -0.3 is 4.74 Å². The molecule has 2 rings (SSSR count). The second-order valence-corrected chi connectivity index (χ2v) is 6.86. The summed E-state index contributed by atoms with van der Waals surface area (Å²) >= 11 is 0. The molecule has 0 aliphatic heterocycles. The maximum atomic E-state index is 13.3. The predicted molar refractivity (Wildman–Crippen MR) is 84.2 cm³/mol. The maximum absolute atomic E-state index is 13.3. The number of nitrogens with one attached hydrogen (secondary N) is 1. The Morgan fingerprint density at radius 1 is 1.14 bits per heavy atom. The second-order valence-electron chi connectivity index (χ2n) is 5.18. The van der Waals surface area contributed by atoms with Crippen molar-refractivity contribution in [3.8, 4) is 5.75 Å². The van der Waals surface area contributed by atoms with Crippen LogP contribution >= 0.6 is 0 Å². The third-order valence-electron chi connectivity index (χ3n) is 2.93.